The summed E-state index contributed by atoms with van der Waals surface area (Å²) in [7, 11) is -3.70. The predicted octanol–water partition coefficient (Wildman–Crippen LogP) is 2.99. The van der Waals surface area contributed by atoms with Crippen LogP contribution in [0, 0.1) is 0 Å². The summed E-state index contributed by atoms with van der Waals surface area (Å²) in [4.78, 5) is 4.03. The van der Waals surface area contributed by atoms with Crippen LogP contribution in [0.2, 0.25) is 0 Å². The summed E-state index contributed by atoms with van der Waals surface area (Å²) in [5, 5.41) is 0. The second-order valence-electron chi connectivity index (χ2n) is 3.63. The highest BCUT2D eigenvalue weighted by Gasteiger charge is 2.16. The molecule has 0 amide bonds. The highest BCUT2D eigenvalue weighted by atomic mass is 79.9. The van der Waals surface area contributed by atoms with Crippen LogP contribution in [0.25, 0.3) is 0 Å². The molecule has 0 aliphatic rings. The first-order chi connectivity index (χ1) is 8.90. The predicted molar refractivity (Wildman–Crippen MR) is 81.3 cm³/mol. The fourth-order valence-electron chi connectivity index (χ4n) is 1.35. The molecule has 3 N–H and O–H groups in total. The summed E-state index contributed by atoms with van der Waals surface area (Å²) < 4.78 is 27.9. The van der Waals surface area contributed by atoms with Crippen molar-refractivity contribution in [2.24, 2.45) is 0 Å². The highest BCUT2D eigenvalue weighted by molar-refractivity contribution is 9.10. The van der Waals surface area contributed by atoms with Gasteiger partial charge in [-0.25, -0.2) is 13.4 Å². The Balaban J connectivity index is 2.38. The third-order valence-corrected chi connectivity index (χ3v) is 5.00. The number of aromatic nitrogens is 1. The van der Waals surface area contributed by atoms with Gasteiger partial charge in [0, 0.05) is 16.4 Å². The molecule has 0 fully saturated rings. The van der Waals surface area contributed by atoms with Crippen LogP contribution in [0.5, 0.6) is 0 Å². The van der Waals surface area contributed by atoms with E-state index < -0.39 is 10.0 Å². The van der Waals surface area contributed by atoms with Gasteiger partial charge in [0.05, 0.1) is 10.6 Å². The van der Waals surface area contributed by atoms with Gasteiger partial charge in [0.15, 0.2) is 0 Å². The minimum absolute atomic E-state index is 0.0870. The van der Waals surface area contributed by atoms with Crippen LogP contribution < -0.4 is 10.5 Å². The molecule has 2 aromatic rings. The average Bonchev–Trinajstić information content (AvgIpc) is 2.35. The van der Waals surface area contributed by atoms with Gasteiger partial charge in [-0.15, -0.1) is 0 Å². The fourth-order valence-corrected chi connectivity index (χ4v) is 3.18. The van der Waals surface area contributed by atoms with E-state index in [1.165, 1.54) is 12.1 Å². The molecule has 2 rings (SSSR count). The summed E-state index contributed by atoms with van der Waals surface area (Å²) in [5.41, 5.74) is 6.40. The van der Waals surface area contributed by atoms with Crippen molar-refractivity contribution in [3.05, 3.63) is 45.6 Å². The third kappa shape index (κ3) is 3.26. The van der Waals surface area contributed by atoms with E-state index in [1.54, 1.807) is 24.4 Å². The van der Waals surface area contributed by atoms with Crippen LogP contribution in [-0.4, -0.2) is 13.4 Å². The van der Waals surface area contributed by atoms with Crippen molar-refractivity contribution in [3.8, 4) is 0 Å². The molecular weight excluding hydrogens is 398 g/mol. The van der Waals surface area contributed by atoms with Crippen molar-refractivity contribution in [1.29, 1.82) is 0 Å². The molecule has 0 bridgehead atoms. The molecule has 0 spiro atoms. The molecule has 0 aliphatic heterocycles. The lowest BCUT2D eigenvalue weighted by molar-refractivity contribution is 0.601. The molecule has 1 aromatic heterocycles. The van der Waals surface area contributed by atoms with Crippen LogP contribution in [-0.2, 0) is 10.0 Å². The van der Waals surface area contributed by atoms with Gasteiger partial charge in [-0.05, 0) is 62.2 Å². The van der Waals surface area contributed by atoms with Gasteiger partial charge >= 0.3 is 0 Å². The summed E-state index contributed by atoms with van der Waals surface area (Å²) in [6, 6.07) is 7.68. The summed E-state index contributed by atoms with van der Waals surface area (Å²) in [6.45, 7) is 0. The molecular formula is C11H9Br2N3O2S. The molecule has 0 radical (unpaired) electrons. The van der Waals surface area contributed by atoms with Crippen LogP contribution in [0.3, 0.4) is 0 Å². The number of hydrogen-bond donors (Lipinski definition) is 2. The van der Waals surface area contributed by atoms with E-state index in [4.69, 9.17) is 5.73 Å². The number of halogens is 2. The number of nitrogens with one attached hydrogen (secondary N) is 1. The van der Waals surface area contributed by atoms with Gasteiger partial charge in [0.25, 0.3) is 10.0 Å². The summed E-state index contributed by atoms with van der Waals surface area (Å²) >= 11 is 6.39. The molecule has 5 nitrogen and oxygen atoms in total. The van der Waals surface area contributed by atoms with E-state index in [1.807, 2.05) is 0 Å². The van der Waals surface area contributed by atoms with Gasteiger partial charge in [0.1, 0.15) is 4.60 Å². The average molecular weight is 407 g/mol. The SMILES string of the molecule is Nc1cc(S(=O)(=O)Nc2cccnc2Br)ccc1Br. The van der Waals surface area contributed by atoms with Crippen LogP contribution >= 0.6 is 31.9 Å². The van der Waals surface area contributed by atoms with Gasteiger partial charge in [0.2, 0.25) is 0 Å². The summed E-state index contributed by atoms with van der Waals surface area (Å²) in [6.07, 6.45) is 1.56. The Kier molecular flexibility index (Phi) is 4.12. The standard InChI is InChI=1S/C11H9Br2N3O2S/c12-8-4-3-7(6-9(8)14)19(17,18)16-10-2-1-5-15-11(10)13/h1-6,16H,14H2. The van der Waals surface area contributed by atoms with E-state index in [2.05, 4.69) is 41.6 Å². The zero-order chi connectivity index (χ0) is 14.0. The van der Waals surface area contributed by atoms with Gasteiger partial charge in [-0.1, -0.05) is 0 Å². The largest absolute Gasteiger partial charge is 0.398 e. The maximum atomic E-state index is 12.2. The van der Waals surface area contributed by atoms with Crippen molar-refractivity contribution in [3.63, 3.8) is 0 Å². The molecule has 19 heavy (non-hydrogen) atoms. The maximum absolute atomic E-state index is 12.2. The number of nitrogen functional groups attached to an aromatic ring is 1. The Morgan fingerprint density at radius 2 is 1.95 bits per heavy atom. The number of hydrogen-bond acceptors (Lipinski definition) is 4. The molecule has 100 valence electrons. The van der Waals surface area contributed by atoms with Crippen molar-refractivity contribution < 1.29 is 8.42 Å². The van der Waals surface area contributed by atoms with Crippen molar-refractivity contribution in [2.45, 2.75) is 4.90 Å². The topological polar surface area (TPSA) is 85.1 Å². The molecule has 0 unspecified atom stereocenters. The summed E-state index contributed by atoms with van der Waals surface area (Å²) in [5.74, 6) is 0. The number of rotatable bonds is 3. The first kappa shape index (κ1) is 14.3. The van der Waals surface area contributed by atoms with E-state index in [0.717, 1.165) is 0 Å². The van der Waals surface area contributed by atoms with Crippen molar-refractivity contribution in [2.75, 3.05) is 10.5 Å². The third-order valence-electron chi connectivity index (χ3n) is 2.28. The second kappa shape index (κ2) is 5.48. The maximum Gasteiger partial charge on any atom is 0.262 e. The quantitative estimate of drug-likeness (QED) is 0.606. The van der Waals surface area contributed by atoms with Gasteiger partial charge < -0.3 is 5.73 Å². The molecule has 0 aliphatic carbocycles. The van der Waals surface area contributed by atoms with E-state index in [9.17, 15) is 8.42 Å². The smallest absolute Gasteiger partial charge is 0.262 e. The number of pyridine rings is 1. The lowest BCUT2D eigenvalue weighted by atomic mass is 10.3. The number of benzene rings is 1. The Bertz CT molecular complexity index is 720. The normalized spacial score (nSPS) is 11.3. The highest BCUT2D eigenvalue weighted by Crippen LogP contribution is 2.26. The number of nitrogens with two attached hydrogens (primary N) is 1. The lowest BCUT2D eigenvalue weighted by Crippen LogP contribution is -2.13. The van der Waals surface area contributed by atoms with Crippen LogP contribution in [0.4, 0.5) is 11.4 Å². The molecule has 0 saturated heterocycles. The molecule has 0 saturated carbocycles. The van der Waals surface area contributed by atoms with Crippen molar-refractivity contribution >= 4 is 53.3 Å². The fraction of sp³-hybridized carbons (Fsp3) is 0. The molecule has 1 heterocycles. The number of sulfonamides is 1. The first-order valence-electron chi connectivity index (χ1n) is 5.08. The Labute approximate surface area is 127 Å². The Morgan fingerprint density at radius 1 is 1.21 bits per heavy atom. The van der Waals surface area contributed by atoms with E-state index >= 15 is 0 Å². The minimum atomic E-state index is -3.70. The van der Waals surface area contributed by atoms with Gasteiger partial charge in [-0.2, -0.15) is 0 Å². The molecule has 8 heteroatoms. The van der Waals surface area contributed by atoms with Crippen LogP contribution in [0.15, 0.2) is 50.5 Å². The zero-order valence-electron chi connectivity index (χ0n) is 9.47. The van der Waals surface area contributed by atoms with Gasteiger partial charge in [-0.3, -0.25) is 4.72 Å². The molecule has 0 atom stereocenters. The minimum Gasteiger partial charge on any atom is -0.398 e. The molecule has 1 aromatic carbocycles. The number of nitrogens with zero attached hydrogens (tertiary/aromatic N) is 1. The Morgan fingerprint density at radius 3 is 2.58 bits per heavy atom. The first-order valence-corrected chi connectivity index (χ1v) is 8.15. The van der Waals surface area contributed by atoms with E-state index in [0.29, 0.717) is 20.5 Å². The van der Waals surface area contributed by atoms with Crippen LogP contribution in [0.1, 0.15) is 0 Å². The number of anilines is 2. The van der Waals surface area contributed by atoms with E-state index in [-0.39, 0.29) is 4.90 Å². The van der Waals surface area contributed by atoms with Crippen molar-refractivity contribution in [1.82, 2.24) is 4.98 Å². The monoisotopic (exact) mass is 405 g/mol. The second-order valence-corrected chi connectivity index (χ2v) is 6.92. The zero-order valence-corrected chi connectivity index (χ0v) is 13.5. The Hall–Kier alpha value is -1.12. The lowest BCUT2D eigenvalue weighted by Gasteiger charge is -2.10.